The fourth-order valence-electron chi connectivity index (χ4n) is 3.71. The molecule has 1 aliphatic heterocycles. The number of aromatic nitrogens is 3. The zero-order valence-electron chi connectivity index (χ0n) is 14.1. The molecule has 25 heavy (non-hydrogen) atoms. The van der Waals surface area contributed by atoms with Crippen molar-refractivity contribution in [2.45, 2.75) is 25.4 Å². The Morgan fingerprint density at radius 3 is 3.00 bits per heavy atom. The molecule has 1 unspecified atom stereocenters. The third-order valence-corrected chi connectivity index (χ3v) is 4.83. The Hall–Kier alpha value is -2.31. The van der Waals surface area contributed by atoms with Gasteiger partial charge in [0.2, 0.25) is 0 Å². The van der Waals surface area contributed by atoms with Crippen LogP contribution in [0.15, 0.2) is 42.6 Å². The van der Waals surface area contributed by atoms with Crippen LogP contribution in [-0.2, 0) is 13.1 Å². The van der Waals surface area contributed by atoms with Crippen molar-refractivity contribution in [3.63, 3.8) is 0 Å². The molecule has 130 valence electrons. The minimum atomic E-state index is -0.175. The van der Waals surface area contributed by atoms with Gasteiger partial charge in [0.25, 0.3) is 0 Å². The molecule has 1 fully saturated rings. The van der Waals surface area contributed by atoms with Gasteiger partial charge in [0.05, 0.1) is 12.2 Å². The quantitative estimate of drug-likeness (QED) is 0.776. The van der Waals surface area contributed by atoms with Crippen molar-refractivity contribution in [1.29, 1.82) is 0 Å². The smallest absolute Gasteiger partial charge is 0.158 e. The highest BCUT2D eigenvalue weighted by atomic mass is 19.1. The van der Waals surface area contributed by atoms with Gasteiger partial charge < -0.3 is 5.73 Å². The predicted molar refractivity (Wildman–Crippen MR) is 95.6 cm³/mol. The van der Waals surface area contributed by atoms with Crippen molar-refractivity contribution in [2.75, 3.05) is 19.6 Å². The van der Waals surface area contributed by atoms with Gasteiger partial charge in [-0.1, -0.05) is 12.1 Å². The fourth-order valence-corrected chi connectivity index (χ4v) is 3.71. The van der Waals surface area contributed by atoms with Gasteiger partial charge in [0.1, 0.15) is 5.82 Å². The molecule has 6 heteroatoms. The van der Waals surface area contributed by atoms with E-state index in [1.807, 2.05) is 16.8 Å². The number of hydrogen-bond donors (Lipinski definition) is 1. The fraction of sp³-hybridized carbons (Fsp3) is 0.368. The van der Waals surface area contributed by atoms with Gasteiger partial charge in [0.15, 0.2) is 5.65 Å². The number of nitrogens with two attached hydrogens (primary N) is 1. The molecular formula is C19H22FN5. The predicted octanol–water partition coefficient (Wildman–Crippen LogP) is 2.52. The van der Waals surface area contributed by atoms with Gasteiger partial charge in [-0.2, -0.15) is 5.10 Å². The average molecular weight is 339 g/mol. The lowest BCUT2D eigenvalue weighted by Crippen LogP contribution is -2.20. The average Bonchev–Trinajstić information content (AvgIpc) is 3.20. The molecule has 3 aromatic rings. The number of fused-ring (bicyclic) bond motifs is 1. The summed E-state index contributed by atoms with van der Waals surface area (Å²) < 4.78 is 15.3. The molecule has 2 aromatic heterocycles. The van der Waals surface area contributed by atoms with Crippen LogP contribution in [0.25, 0.3) is 11.0 Å². The lowest BCUT2D eigenvalue weighted by molar-refractivity contribution is 0.325. The molecular weight excluding hydrogens is 317 g/mol. The van der Waals surface area contributed by atoms with Crippen LogP contribution >= 0.6 is 0 Å². The number of rotatable bonds is 5. The Bertz CT molecular complexity index is 875. The first-order chi connectivity index (χ1) is 12.2. The monoisotopic (exact) mass is 339 g/mol. The summed E-state index contributed by atoms with van der Waals surface area (Å²) in [5, 5.41) is 5.92. The number of hydrogen-bond acceptors (Lipinski definition) is 4. The van der Waals surface area contributed by atoms with Crippen molar-refractivity contribution in [3.05, 3.63) is 59.7 Å². The Balaban J connectivity index is 1.54. The molecule has 1 aliphatic rings. The van der Waals surface area contributed by atoms with Crippen LogP contribution in [0.3, 0.4) is 0 Å². The van der Waals surface area contributed by atoms with Crippen molar-refractivity contribution < 1.29 is 4.39 Å². The van der Waals surface area contributed by atoms with Crippen LogP contribution in [-0.4, -0.2) is 39.3 Å². The second-order valence-corrected chi connectivity index (χ2v) is 6.62. The maximum Gasteiger partial charge on any atom is 0.158 e. The van der Waals surface area contributed by atoms with Gasteiger partial charge in [-0.15, -0.1) is 0 Å². The highest BCUT2D eigenvalue weighted by Gasteiger charge is 2.28. The van der Waals surface area contributed by atoms with Gasteiger partial charge in [-0.3, -0.25) is 4.90 Å². The number of pyridine rings is 1. The first kappa shape index (κ1) is 16.2. The molecule has 1 aromatic carbocycles. The highest BCUT2D eigenvalue weighted by molar-refractivity contribution is 5.78. The van der Waals surface area contributed by atoms with Crippen LogP contribution in [0.5, 0.6) is 0 Å². The maximum atomic E-state index is 13.4. The van der Waals surface area contributed by atoms with Crippen molar-refractivity contribution in [3.8, 4) is 0 Å². The number of likely N-dealkylation sites (tertiary alicyclic amines) is 1. The molecule has 1 atom stereocenters. The second-order valence-electron chi connectivity index (χ2n) is 6.62. The molecule has 5 nitrogen and oxygen atoms in total. The summed E-state index contributed by atoms with van der Waals surface area (Å²) in [4.78, 5) is 6.84. The zero-order chi connectivity index (χ0) is 17.2. The van der Waals surface area contributed by atoms with Gasteiger partial charge in [-0.25, -0.2) is 14.1 Å². The maximum absolute atomic E-state index is 13.4. The first-order valence-corrected chi connectivity index (χ1v) is 8.73. The lowest BCUT2D eigenvalue weighted by Gasteiger charge is -2.15. The van der Waals surface area contributed by atoms with E-state index in [0.29, 0.717) is 19.0 Å². The van der Waals surface area contributed by atoms with E-state index >= 15 is 0 Å². The van der Waals surface area contributed by atoms with Crippen LogP contribution in [0.2, 0.25) is 0 Å². The van der Waals surface area contributed by atoms with Crippen molar-refractivity contribution in [1.82, 2.24) is 19.7 Å². The third-order valence-electron chi connectivity index (χ3n) is 4.83. The molecule has 0 aliphatic carbocycles. The van der Waals surface area contributed by atoms with Crippen LogP contribution in [0, 0.1) is 5.82 Å². The van der Waals surface area contributed by atoms with E-state index in [-0.39, 0.29) is 5.82 Å². The first-order valence-electron chi connectivity index (χ1n) is 8.73. The van der Waals surface area contributed by atoms with Gasteiger partial charge in [0, 0.05) is 37.1 Å². The van der Waals surface area contributed by atoms with Crippen LogP contribution in [0.4, 0.5) is 4.39 Å². The Morgan fingerprint density at radius 2 is 2.16 bits per heavy atom. The summed E-state index contributed by atoms with van der Waals surface area (Å²) in [5.41, 5.74) is 8.74. The summed E-state index contributed by atoms with van der Waals surface area (Å²) in [7, 11) is 0. The summed E-state index contributed by atoms with van der Waals surface area (Å²) in [6.45, 7) is 3.91. The van der Waals surface area contributed by atoms with E-state index in [4.69, 9.17) is 10.8 Å². The SMILES string of the molecule is NCCn1nc(C2CCN(Cc3cccc(F)c3)C2)c2cccnc21. The minimum Gasteiger partial charge on any atom is -0.329 e. The Morgan fingerprint density at radius 1 is 1.24 bits per heavy atom. The minimum absolute atomic E-state index is 0.175. The summed E-state index contributed by atoms with van der Waals surface area (Å²) in [6, 6.07) is 10.9. The van der Waals surface area contributed by atoms with Crippen LogP contribution < -0.4 is 5.73 Å². The number of benzene rings is 1. The standard InChI is InChI=1S/C19H22FN5/c20-16-4-1-3-14(11-16)12-24-9-6-15(13-24)18-17-5-2-8-22-19(17)25(23-18)10-7-21/h1-5,8,11,15H,6-7,9-10,12-13,21H2. The van der Waals surface area contributed by atoms with Crippen molar-refractivity contribution >= 4 is 11.0 Å². The number of nitrogens with zero attached hydrogens (tertiary/aromatic N) is 4. The van der Waals surface area contributed by atoms with E-state index in [1.54, 1.807) is 18.3 Å². The summed E-state index contributed by atoms with van der Waals surface area (Å²) in [6.07, 6.45) is 2.85. The van der Waals surface area contributed by atoms with Crippen LogP contribution in [0.1, 0.15) is 23.6 Å². The molecule has 2 N–H and O–H groups in total. The van der Waals surface area contributed by atoms with Crippen molar-refractivity contribution in [2.24, 2.45) is 5.73 Å². The largest absolute Gasteiger partial charge is 0.329 e. The van der Waals surface area contributed by atoms with Gasteiger partial charge in [-0.05, 0) is 42.8 Å². The van der Waals surface area contributed by atoms with E-state index in [1.165, 1.54) is 6.07 Å². The molecule has 0 amide bonds. The molecule has 0 saturated carbocycles. The van der Waals surface area contributed by atoms with E-state index in [2.05, 4.69) is 16.0 Å². The second kappa shape index (κ2) is 6.90. The zero-order valence-corrected chi connectivity index (χ0v) is 14.1. The lowest BCUT2D eigenvalue weighted by atomic mass is 10.0. The van der Waals surface area contributed by atoms with E-state index in [9.17, 15) is 4.39 Å². The van der Waals surface area contributed by atoms with E-state index < -0.39 is 0 Å². The third kappa shape index (κ3) is 3.27. The molecule has 0 bridgehead atoms. The summed E-state index contributed by atoms with van der Waals surface area (Å²) in [5.74, 6) is 0.199. The molecule has 0 spiro atoms. The Kier molecular flexibility index (Phi) is 4.46. The van der Waals surface area contributed by atoms with E-state index in [0.717, 1.165) is 48.3 Å². The molecule has 3 heterocycles. The molecule has 0 radical (unpaired) electrons. The number of halogens is 1. The normalized spacial score (nSPS) is 18.2. The Labute approximate surface area is 146 Å². The van der Waals surface area contributed by atoms with Gasteiger partial charge >= 0.3 is 0 Å². The molecule has 4 rings (SSSR count). The summed E-state index contributed by atoms with van der Waals surface area (Å²) >= 11 is 0. The highest BCUT2D eigenvalue weighted by Crippen LogP contribution is 2.31. The topological polar surface area (TPSA) is 60.0 Å². The molecule has 1 saturated heterocycles.